The lowest BCUT2D eigenvalue weighted by Crippen LogP contribution is -2.02. The maximum absolute atomic E-state index is 4.32. The Balaban J connectivity index is 1.89. The molecule has 1 aliphatic carbocycles. The normalized spacial score (nSPS) is 16.0. The minimum atomic E-state index is 0.915. The van der Waals surface area contributed by atoms with E-state index in [9.17, 15) is 0 Å². The number of anilines is 1. The number of pyridine rings is 1. The van der Waals surface area contributed by atoms with Gasteiger partial charge in [0, 0.05) is 12.7 Å². The molecule has 0 bridgehead atoms. The summed E-state index contributed by atoms with van der Waals surface area (Å²) < 4.78 is 1.29. The minimum absolute atomic E-state index is 0.915. The molecular weight excluding hydrogens is 192 g/mol. The number of nitrogens with zero attached hydrogens (tertiary/aromatic N) is 1. The molecule has 0 amide bonds. The van der Waals surface area contributed by atoms with Gasteiger partial charge >= 0.3 is 0 Å². The lowest BCUT2D eigenvalue weighted by atomic mass is 10.3. The molecule has 0 saturated heterocycles. The van der Waals surface area contributed by atoms with Crippen molar-refractivity contribution in [1.29, 1.82) is 0 Å². The van der Waals surface area contributed by atoms with E-state index in [0.717, 1.165) is 18.0 Å². The number of rotatable bonds is 3. The van der Waals surface area contributed by atoms with Crippen LogP contribution < -0.4 is 5.32 Å². The Bertz CT molecular complexity index is 445. The average Bonchev–Trinajstić information content (AvgIpc) is 2.91. The van der Waals surface area contributed by atoms with Crippen molar-refractivity contribution in [2.24, 2.45) is 5.92 Å². The van der Waals surface area contributed by atoms with Gasteiger partial charge in [-0.1, -0.05) is 0 Å². The van der Waals surface area contributed by atoms with E-state index in [1.165, 1.54) is 23.2 Å². The van der Waals surface area contributed by atoms with Crippen molar-refractivity contribution in [3.8, 4) is 0 Å². The molecular formula is C11H12N2S. The molecule has 0 spiro atoms. The van der Waals surface area contributed by atoms with E-state index in [2.05, 4.69) is 27.8 Å². The number of nitrogens with one attached hydrogen (secondary N) is 1. The third-order valence-electron chi connectivity index (χ3n) is 2.62. The summed E-state index contributed by atoms with van der Waals surface area (Å²) in [6.07, 6.45) is 4.67. The van der Waals surface area contributed by atoms with E-state index in [-0.39, 0.29) is 0 Å². The van der Waals surface area contributed by atoms with Crippen LogP contribution in [-0.4, -0.2) is 11.5 Å². The molecule has 72 valence electrons. The summed E-state index contributed by atoms with van der Waals surface area (Å²) in [6.45, 7) is 1.12. The van der Waals surface area contributed by atoms with Crippen LogP contribution in [0, 0.1) is 5.92 Å². The zero-order valence-corrected chi connectivity index (χ0v) is 8.68. The highest BCUT2D eigenvalue weighted by molar-refractivity contribution is 7.17. The van der Waals surface area contributed by atoms with Gasteiger partial charge in [-0.15, -0.1) is 11.3 Å². The van der Waals surface area contributed by atoms with Crippen LogP contribution in [-0.2, 0) is 0 Å². The summed E-state index contributed by atoms with van der Waals surface area (Å²) in [6, 6.07) is 4.14. The fraction of sp³-hybridized carbons (Fsp3) is 0.364. The van der Waals surface area contributed by atoms with Crippen LogP contribution in [0.4, 0.5) is 5.69 Å². The maximum atomic E-state index is 4.32. The highest BCUT2D eigenvalue weighted by atomic mass is 32.1. The summed E-state index contributed by atoms with van der Waals surface area (Å²) >= 11 is 1.76. The Morgan fingerprint density at radius 1 is 1.43 bits per heavy atom. The van der Waals surface area contributed by atoms with Gasteiger partial charge < -0.3 is 5.32 Å². The van der Waals surface area contributed by atoms with E-state index in [1.54, 1.807) is 11.3 Å². The summed E-state index contributed by atoms with van der Waals surface area (Å²) in [5, 5.41) is 5.60. The molecule has 14 heavy (non-hydrogen) atoms. The second kappa shape index (κ2) is 3.24. The van der Waals surface area contributed by atoms with Crippen molar-refractivity contribution in [2.75, 3.05) is 11.9 Å². The predicted octanol–water partition coefficient (Wildman–Crippen LogP) is 3.12. The molecule has 2 heterocycles. The first-order valence-electron chi connectivity index (χ1n) is 4.99. The molecule has 0 aliphatic heterocycles. The van der Waals surface area contributed by atoms with Crippen molar-refractivity contribution in [2.45, 2.75) is 12.8 Å². The Kier molecular flexibility index (Phi) is 1.91. The third kappa shape index (κ3) is 1.48. The predicted molar refractivity (Wildman–Crippen MR) is 60.8 cm³/mol. The zero-order valence-electron chi connectivity index (χ0n) is 7.86. The lowest BCUT2D eigenvalue weighted by Gasteiger charge is -2.05. The van der Waals surface area contributed by atoms with Crippen molar-refractivity contribution in [3.05, 3.63) is 23.7 Å². The quantitative estimate of drug-likeness (QED) is 0.831. The van der Waals surface area contributed by atoms with E-state index in [0.29, 0.717) is 0 Å². The molecule has 0 aromatic carbocycles. The lowest BCUT2D eigenvalue weighted by molar-refractivity contribution is 0.890. The Morgan fingerprint density at radius 2 is 2.36 bits per heavy atom. The van der Waals surface area contributed by atoms with Crippen molar-refractivity contribution in [3.63, 3.8) is 0 Å². The maximum Gasteiger partial charge on any atom is 0.0830 e. The number of hydrogen-bond acceptors (Lipinski definition) is 3. The Labute approximate surface area is 87.0 Å². The molecule has 2 nitrogen and oxygen atoms in total. The third-order valence-corrected chi connectivity index (χ3v) is 3.56. The first-order valence-corrected chi connectivity index (χ1v) is 5.87. The van der Waals surface area contributed by atoms with Gasteiger partial charge in [0.15, 0.2) is 0 Å². The minimum Gasteiger partial charge on any atom is -0.384 e. The smallest absolute Gasteiger partial charge is 0.0830 e. The standard InChI is InChI=1S/C11H12N2S/c1-2-8(1)7-13-9-3-5-12-10-4-6-14-11(9)10/h3-6,8H,1-2,7H2,(H,12,13). The highest BCUT2D eigenvalue weighted by Gasteiger charge is 2.20. The molecule has 1 saturated carbocycles. The first-order chi connectivity index (χ1) is 6.93. The molecule has 3 heteroatoms. The Hall–Kier alpha value is -1.09. The van der Waals surface area contributed by atoms with Crippen LogP contribution in [0.25, 0.3) is 10.2 Å². The van der Waals surface area contributed by atoms with Crippen molar-refractivity contribution < 1.29 is 0 Å². The summed E-state index contributed by atoms with van der Waals surface area (Å²) in [5.41, 5.74) is 2.35. The number of aromatic nitrogens is 1. The largest absolute Gasteiger partial charge is 0.384 e. The zero-order chi connectivity index (χ0) is 9.38. The molecule has 2 aromatic rings. The summed E-state index contributed by atoms with van der Waals surface area (Å²) in [4.78, 5) is 4.32. The van der Waals surface area contributed by atoms with Crippen LogP contribution in [0.3, 0.4) is 0 Å². The van der Waals surface area contributed by atoms with Gasteiger partial charge in [0.1, 0.15) is 0 Å². The molecule has 0 atom stereocenters. The SMILES string of the molecule is c1cc(NCC2CC2)c2sccc2n1. The average molecular weight is 204 g/mol. The van der Waals surface area contributed by atoms with Crippen LogP contribution in [0.1, 0.15) is 12.8 Å². The van der Waals surface area contributed by atoms with Crippen molar-refractivity contribution in [1.82, 2.24) is 4.98 Å². The molecule has 2 aromatic heterocycles. The Morgan fingerprint density at radius 3 is 3.21 bits per heavy atom. The molecule has 1 aliphatic rings. The van der Waals surface area contributed by atoms with Gasteiger partial charge in [-0.25, -0.2) is 0 Å². The van der Waals surface area contributed by atoms with Gasteiger partial charge in [0.2, 0.25) is 0 Å². The van der Waals surface area contributed by atoms with Crippen LogP contribution in [0.5, 0.6) is 0 Å². The first kappa shape index (κ1) is 8.24. The number of hydrogen-bond donors (Lipinski definition) is 1. The molecule has 3 rings (SSSR count). The van der Waals surface area contributed by atoms with E-state index in [4.69, 9.17) is 0 Å². The topological polar surface area (TPSA) is 24.9 Å². The fourth-order valence-corrected chi connectivity index (χ4v) is 2.43. The molecule has 0 radical (unpaired) electrons. The van der Waals surface area contributed by atoms with Gasteiger partial charge in [0.05, 0.1) is 15.9 Å². The molecule has 1 fully saturated rings. The summed E-state index contributed by atoms with van der Waals surface area (Å²) in [7, 11) is 0. The van der Waals surface area contributed by atoms with Crippen LogP contribution >= 0.6 is 11.3 Å². The van der Waals surface area contributed by atoms with E-state index >= 15 is 0 Å². The van der Waals surface area contributed by atoms with Gasteiger partial charge in [-0.05, 0) is 36.3 Å². The second-order valence-corrected chi connectivity index (χ2v) is 4.73. The molecule has 0 unspecified atom stereocenters. The van der Waals surface area contributed by atoms with Crippen LogP contribution in [0.15, 0.2) is 23.7 Å². The van der Waals surface area contributed by atoms with Gasteiger partial charge in [-0.2, -0.15) is 0 Å². The van der Waals surface area contributed by atoms with Crippen LogP contribution in [0.2, 0.25) is 0 Å². The highest BCUT2D eigenvalue weighted by Crippen LogP contribution is 2.31. The van der Waals surface area contributed by atoms with Crippen molar-refractivity contribution >= 4 is 27.2 Å². The van der Waals surface area contributed by atoms with Gasteiger partial charge in [0.25, 0.3) is 0 Å². The number of thiophene rings is 1. The van der Waals surface area contributed by atoms with E-state index in [1.807, 2.05) is 6.20 Å². The van der Waals surface area contributed by atoms with Gasteiger partial charge in [-0.3, -0.25) is 4.98 Å². The molecule has 1 N–H and O–H groups in total. The summed E-state index contributed by atoms with van der Waals surface area (Å²) in [5.74, 6) is 0.915. The second-order valence-electron chi connectivity index (χ2n) is 3.82. The number of fused-ring (bicyclic) bond motifs is 1. The fourth-order valence-electron chi connectivity index (χ4n) is 1.59. The van der Waals surface area contributed by atoms with E-state index < -0.39 is 0 Å². The monoisotopic (exact) mass is 204 g/mol.